The van der Waals surface area contributed by atoms with E-state index in [9.17, 15) is 41.5 Å². The zero-order chi connectivity index (χ0) is 85.9. The Labute approximate surface area is 714 Å². The Kier molecular flexibility index (Phi) is 27.6. The molecule has 0 saturated carbocycles. The number of aromatic amines is 2. The number of aromatic nitrogens is 8. The van der Waals surface area contributed by atoms with Gasteiger partial charge < -0.3 is 33.3 Å². The summed E-state index contributed by atoms with van der Waals surface area (Å²) in [6.45, 7) is 19.2. The lowest BCUT2D eigenvalue weighted by molar-refractivity contribution is -0.115. The minimum Gasteiger partial charge on any atom is -0.363 e. The van der Waals surface area contributed by atoms with Crippen LogP contribution in [0, 0.1) is 55.6 Å². The zero-order valence-electron chi connectivity index (χ0n) is 69.1. The van der Waals surface area contributed by atoms with Crippen LogP contribution in [0.4, 0.5) is 17.6 Å². The molecule has 0 bridgehead atoms. The number of nitrogens with one attached hydrogen (secondary N) is 2. The molecule has 8 aromatic heterocycles. The average Bonchev–Trinajstić information content (AvgIpc) is 2.10. The smallest absolute Gasteiger partial charge is 0.289 e. The van der Waals surface area contributed by atoms with Crippen molar-refractivity contribution < 1.29 is 36.7 Å². The van der Waals surface area contributed by atoms with Crippen molar-refractivity contribution in [3.05, 3.63) is 371 Å². The third-order valence-corrected chi connectivity index (χ3v) is 23.9. The number of carbonyl (C=O) groups is 4. The summed E-state index contributed by atoms with van der Waals surface area (Å²) in [5.41, 5.74) is 33.9. The van der Waals surface area contributed by atoms with Crippen molar-refractivity contribution >= 4 is 81.1 Å². The number of nitrogens with two attached hydrogens (primary N) is 1. The lowest BCUT2D eigenvalue weighted by Crippen LogP contribution is -2.24. The number of hydrogen-bond donors (Lipinski definition) is 3. The van der Waals surface area contributed by atoms with Crippen LogP contribution in [0.2, 0.25) is 0 Å². The standard InChI is InChI=1S/C28H26FN3O3S.C26H25FN2OS.C23H21FN2O.C23H21FN2S/c1-4-21-23(13-19-7-5-6-8-22(19)18-9-11-20(29)12-10-18)32-14-16(2)31-28(36-15-17(3)33)25(32)24(21)26(34)27(30)35;1-4-19-13-25-26(31-16-18(3)30)28-17(2)15-29(25)24(19)14-21-7-5-6-8-23(21)20-9-11-22(27)12-10-20;2*1-3-16-12-22-23(27)25-15(2)14-26(22)21(16)13-18-6-4-5-7-20(18)17-8-10-19(24)11-9-17/h5-12,14H,4,13,15H2,1-3H3,(H2,30,35);5-13,15H,4,14,16H2,1-3H3;2*4-12,14H,3,13H2,1-2H3,(H,25,27). The number of aryl methyl sites for hydroxylation is 7. The first-order valence-electron chi connectivity index (χ1n) is 40.2. The quantitative estimate of drug-likeness (QED) is 0.0173. The number of nitrogens with zero attached hydrogens (tertiary/aromatic N) is 6. The van der Waals surface area contributed by atoms with Gasteiger partial charge in [0.15, 0.2) is 0 Å². The Balaban J connectivity index is 0.000000140. The molecule has 14 nitrogen and oxygen atoms in total. The number of ketones is 3. The first-order valence-corrected chi connectivity index (χ1v) is 42.6. The summed E-state index contributed by atoms with van der Waals surface area (Å²) in [5.74, 6) is -2.10. The molecule has 0 aliphatic carbocycles. The minimum absolute atomic E-state index is 0.0278. The molecule has 0 unspecified atom stereocenters. The fraction of sp³-hybridized carbons (Fsp3) is 0.200. The number of Topliss-reactive ketones (excluding diaryl/α,β-unsaturated/α-hetero) is 3. The van der Waals surface area contributed by atoms with Gasteiger partial charge in [-0.2, -0.15) is 0 Å². The van der Waals surface area contributed by atoms with Gasteiger partial charge in [0.25, 0.3) is 17.2 Å². The summed E-state index contributed by atoms with van der Waals surface area (Å²) in [6, 6.07) is 65.2. The number of rotatable bonds is 24. The number of hydrogen-bond acceptors (Lipinski definition) is 10. The molecule has 8 heterocycles. The number of halogens is 4. The zero-order valence-corrected chi connectivity index (χ0v) is 71.6. The Morgan fingerprint density at radius 1 is 0.405 bits per heavy atom. The average molecular weight is 1670 g/mol. The Morgan fingerprint density at radius 3 is 1.12 bits per heavy atom. The number of amides is 1. The number of primary amides is 1. The number of carbonyl (C=O) groups excluding carboxylic acids is 4. The summed E-state index contributed by atoms with van der Waals surface area (Å²) in [6.07, 6.45) is 13.9. The molecule has 0 aliphatic heterocycles. The highest BCUT2D eigenvalue weighted by atomic mass is 32.2. The number of H-pyrrole nitrogens is 2. The van der Waals surface area contributed by atoms with Crippen molar-refractivity contribution in [2.75, 3.05) is 11.5 Å². The van der Waals surface area contributed by atoms with Crippen LogP contribution in [-0.4, -0.2) is 72.3 Å². The first kappa shape index (κ1) is 86.3. The lowest BCUT2D eigenvalue weighted by atomic mass is 9.94. The normalized spacial score (nSPS) is 11.2. The molecule has 1 amide bonds. The van der Waals surface area contributed by atoms with Crippen LogP contribution in [0.1, 0.15) is 142 Å². The monoisotopic (exact) mass is 1670 g/mol. The van der Waals surface area contributed by atoms with Crippen molar-refractivity contribution in [1.82, 2.24) is 37.5 Å². The second kappa shape index (κ2) is 38.7. The van der Waals surface area contributed by atoms with Gasteiger partial charge in [-0.3, -0.25) is 24.0 Å². The molecule has 21 heteroatoms. The highest BCUT2D eigenvalue weighted by molar-refractivity contribution is 8.00. The van der Waals surface area contributed by atoms with E-state index in [0.717, 1.165) is 137 Å². The molecule has 0 fully saturated rings. The minimum atomic E-state index is -1.04. The van der Waals surface area contributed by atoms with Gasteiger partial charge in [-0.25, -0.2) is 27.5 Å². The van der Waals surface area contributed by atoms with Crippen molar-refractivity contribution in [2.45, 2.75) is 131 Å². The van der Waals surface area contributed by atoms with Gasteiger partial charge in [0.2, 0.25) is 0 Å². The molecule has 16 rings (SSSR count). The van der Waals surface area contributed by atoms with Gasteiger partial charge in [0.05, 0.1) is 45.0 Å². The molecule has 0 saturated heterocycles. The predicted octanol–water partition coefficient (Wildman–Crippen LogP) is 22.4. The van der Waals surface area contributed by atoms with Gasteiger partial charge in [0.1, 0.15) is 55.0 Å². The first-order chi connectivity index (χ1) is 58.3. The van der Waals surface area contributed by atoms with Crippen molar-refractivity contribution in [1.29, 1.82) is 0 Å². The van der Waals surface area contributed by atoms with Gasteiger partial charge in [-0.15, -0.1) is 0 Å². The molecule has 0 aliphatic rings. The van der Waals surface area contributed by atoms with Crippen LogP contribution < -0.4 is 11.3 Å². The Morgan fingerprint density at radius 2 is 0.736 bits per heavy atom. The fourth-order valence-electron chi connectivity index (χ4n) is 15.7. The van der Waals surface area contributed by atoms with E-state index in [-0.39, 0.29) is 51.7 Å². The van der Waals surface area contributed by atoms with Crippen LogP contribution in [0.3, 0.4) is 0 Å². The van der Waals surface area contributed by atoms with Gasteiger partial charge in [-0.05, 0) is 223 Å². The van der Waals surface area contributed by atoms with E-state index in [4.69, 9.17) is 22.9 Å². The molecule has 121 heavy (non-hydrogen) atoms. The molecule has 614 valence electrons. The molecular formula is C100H93F4N9O5S3. The van der Waals surface area contributed by atoms with Gasteiger partial charge in [0, 0.05) is 84.6 Å². The summed E-state index contributed by atoms with van der Waals surface area (Å²) in [7, 11) is 0. The molecular weight excluding hydrogens is 1580 g/mol. The third-order valence-electron chi connectivity index (χ3n) is 21.3. The fourth-order valence-corrected chi connectivity index (χ4v) is 17.8. The molecule has 0 atom stereocenters. The summed E-state index contributed by atoms with van der Waals surface area (Å²) >= 11 is 8.26. The second-order valence-corrected chi connectivity index (χ2v) is 32.3. The number of thioether (sulfide) groups is 2. The summed E-state index contributed by atoms with van der Waals surface area (Å²) in [4.78, 5) is 76.1. The summed E-state index contributed by atoms with van der Waals surface area (Å²) in [5, 5.41) is 1.39. The van der Waals surface area contributed by atoms with Crippen LogP contribution >= 0.6 is 35.7 Å². The third kappa shape index (κ3) is 19.8. The Hall–Kier alpha value is -12.6. The second-order valence-electron chi connectivity index (χ2n) is 30.0. The van der Waals surface area contributed by atoms with Crippen LogP contribution in [0.15, 0.2) is 252 Å². The van der Waals surface area contributed by atoms with Crippen molar-refractivity contribution in [3.63, 3.8) is 0 Å². The van der Waals surface area contributed by atoms with Crippen LogP contribution in [-0.2, 0) is 65.8 Å². The lowest BCUT2D eigenvalue weighted by Gasteiger charge is -2.13. The maximum Gasteiger partial charge on any atom is 0.289 e. The highest BCUT2D eigenvalue weighted by Crippen LogP contribution is 2.38. The molecule has 0 radical (unpaired) electrons. The maximum absolute atomic E-state index is 13.6. The number of benzene rings is 8. The SMILES string of the molecule is CCc1c(C(=O)C(N)=O)c2c(SCC(C)=O)nc(C)cn2c1Cc1ccccc1-c1ccc(F)cc1.CCc1cc2c(=O)[nH]c(C)cn2c1Cc1ccccc1-c1ccc(F)cc1.CCc1cc2c(=S)[nH]c(C)cn2c1Cc1ccccc1-c1ccc(F)cc1.CCc1cc2c(SCC(C)=O)nc(C)cn2c1Cc1ccccc1-c1ccc(F)cc1. The van der Waals surface area contributed by atoms with E-state index in [2.05, 4.69) is 112 Å². The Bertz CT molecular complexity index is 6490. The van der Waals surface area contributed by atoms with E-state index >= 15 is 0 Å². The van der Waals surface area contributed by atoms with E-state index in [1.54, 1.807) is 31.2 Å². The van der Waals surface area contributed by atoms with Gasteiger partial charge >= 0.3 is 0 Å². The van der Waals surface area contributed by atoms with E-state index in [1.165, 1.54) is 118 Å². The van der Waals surface area contributed by atoms with E-state index in [1.807, 2.05) is 141 Å². The van der Waals surface area contributed by atoms with Crippen LogP contribution in [0.5, 0.6) is 0 Å². The van der Waals surface area contributed by atoms with Crippen LogP contribution in [0.25, 0.3) is 66.6 Å². The van der Waals surface area contributed by atoms with Crippen molar-refractivity contribution in [3.8, 4) is 44.5 Å². The largest absolute Gasteiger partial charge is 0.363 e. The maximum atomic E-state index is 13.6. The molecule has 4 N–H and O–H groups in total. The van der Waals surface area contributed by atoms with E-state index < -0.39 is 11.7 Å². The van der Waals surface area contributed by atoms with E-state index in [0.29, 0.717) is 52.3 Å². The predicted molar refractivity (Wildman–Crippen MR) is 482 cm³/mol. The topological polar surface area (TPSA) is 186 Å². The molecule has 8 aromatic carbocycles. The van der Waals surface area contributed by atoms with Crippen molar-refractivity contribution in [2.24, 2.45) is 5.73 Å². The molecule has 16 aromatic rings. The van der Waals surface area contributed by atoms with Gasteiger partial charge in [-0.1, -0.05) is 209 Å². The molecule has 0 spiro atoms. The number of fused-ring (bicyclic) bond motifs is 4. The summed E-state index contributed by atoms with van der Waals surface area (Å²) < 4.78 is 62.8. The highest BCUT2D eigenvalue weighted by Gasteiger charge is 2.30.